The first kappa shape index (κ1) is 18.2. The largest absolute Gasteiger partial charge is 0.496 e. The Balaban J connectivity index is 1.96. The Hall–Kier alpha value is -3.16. The molecule has 0 spiro atoms. The summed E-state index contributed by atoms with van der Waals surface area (Å²) in [6.07, 6.45) is -1.08. The summed E-state index contributed by atoms with van der Waals surface area (Å²) in [5, 5.41) is 0. The summed E-state index contributed by atoms with van der Waals surface area (Å²) >= 11 is 0. The highest BCUT2D eigenvalue weighted by atomic mass is 19.1. The van der Waals surface area contributed by atoms with Crippen LogP contribution in [0.3, 0.4) is 0 Å². The van der Waals surface area contributed by atoms with E-state index in [0.29, 0.717) is 0 Å². The molecule has 0 aromatic heterocycles. The van der Waals surface area contributed by atoms with E-state index in [1.807, 2.05) is 0 Å². The number of ether oxygens (including phenoxy) is 2. The van der Waals surface area contributed by atoms with E-state index in [4.69, 9.17) is 9.47 Å². The quantitative estimate of drug-likeness (QED) is 0.811. The van der Waals surface area contributed by atoms with E-state index >= 15 is 0 Å². The molecule has 2 rings (SSSR count). The van der Waals surface area contributed by atoms with Gasteiger partial charge in [-0.25, -0.2) is 8.78 Å². The average Bonchev–Trinajstić information content (AvgIpc) is 2.61. The van der Waals surface area contributed by atoms with E-state index in [1.54, 1.807) is 6.07 Å². The number of nitrogens with one attached hydrogen (secondary N) is 2. The molecule has 1 atom stereocenters. The van der Waals surface area contributed by atoms with Gasteiger partial charge < -0.3 is 9.47 Å². The minimum absolute atomic E-state index is 0.0922. The predicted molar refractivity (Wildman–Crippen MR) is 85.1 cm³/mol. The molecule has 0 aliphatic carbocycles. The molecule has 2 aromatic rings. The molecule has 2 amide bonds. The highest BCUT2D eigenvalue weighted by Gasteiger charge is 2.19. The van der Waals surface area contributed by atoms with Gasteiger partial charge in [0.15, 0.2) is 17.7 Å². The molecule has 0 bridgehead atoms. The van der Waals surface area contributed by atoms with Crippen molar-refractivity contribution in [2.75, 3.05) is 7.11 Å². The molecule has 8 heteroatoms. The van der Waals surface area contributed by atoms with E-state index in [1.165, 1.54) is 38.3 Å². The van der Waals surface area contributed by atoms with Gasteiger partial charge in [-0.1, -0.05) is 12.1 Å². The second-order valence-electron chi connectivity index (χ2n) is 4.98. The number of rotatable bonds is 5. The van der Waals surface area contributed by atoms with Crippen LogP contribution in [0.25, 0.3) is 0 Å². The van der Waals surface area contributed by atoms with Crippen LogP contribution in [-0.2, 0) is 4.79 Å². The summed E-state index contributed by atoms with van der Waals surface area (Å²) in [7, 11) is 1.33. The second kappa shape index (κ2) is 8.09. The van der Waals surface area contributed by atoms with Crippen molar-refractivity contribution >= 4 is 11.8 Å². The first-order valence-electron chi connectivity index (χ1n) is 7.27. The third-order valence-electron chi connectivity index (χ3n) is 3.22. The van der Waals surface area contributed by atoms with Crippen LogP contribution in [0.1, 0.15) is 17.3 Å². The van der Waals surface area contributed by atoms with Crippen molar-refractivity contribution < 1.29 is 27.8 Å². The van der Waals surface area contributed by atoms with Gasteiger partial charge in [0.25, 0.3) is 11.8 Å². The summed E-state index contributed by atoms with van der Waals surface area (Å²) in [6, 6.07) is 9.00. The molecule has 132 valence electrons. The third-order valence-corrected chi connectivity index (χ3v) is 3.22. The van der Waals surface area contributed by atoms with E-state index in [2.05, 4.69) is 10.9 Å². The highest BCUT2D eigenvalue weighted by molar-refractivity contribution is 5.98. The topological polar surface area (TPSA) is 76.7 Å². The summed E-state index contributed by atoms with van der Waals surface area (Å²) < 4.78 is 36.9. The average molecular weight is 350 g/mol. The number of hydrogen-bond acceptors (Lipinski definition) is 4. The number of benzene rings is 2. The van der Waals surface area contributed by atoms with Crippen molar-refractivity contribution in [3.63, 3.8) is 0 Å². The fourth-order valence-electron chi connectivity index (χ4n) is 1.93. The standard InChI is InChI=1S/C17H16F2N2O4/c1-10(25-15-6-4-3-5-13(15)19)16(22)20-21-17(23)12-9-11(18)7-8-14(12)24-2/h3-10H,1-2H3,(H,20,22)(H,21,23). The van der Waals surface area contributed by atoms with Gasteiger partial charge in [-0.2, -0.15) is 0 Å². The molecule has 0 aliphatic rings. The van der Waals surface area contributed by atoms with Crippen molar-refractivity contribution in [1.29, 1.82) is 0 Å². The molecule has 6 nitrogen and oxygen atoms in total. The van der Waals surface area contributed by atoms with Gasteiger partial charge in [-0.3, -0.25) is 20.4 Å². The highest BCUT2D eigenvalue weighted by Crippen LogP contribution is 2.19. The van der Waals surface area contributed by atoms with Gasteiger partial charge in [0, 0.05) is 0 Å². The molecule has 1 unspecified atom stereocenters. The maximum absolute atomic E-state index is 13.5. The van der Waals surface area contributed by atoms with Gasteiger partial charge in [0.1, 0.15) is 11.6 Å². The third kappa shape index (κ3) is 4.66. The summed E-state index contributed by atoms with van der Waals surface area (Å²) in [6.45, 7) is 1.39. The molecule has 2 N–H and O–H groups in total. The summed E-state index contributed by atoms with van der Waals surface area (Å²) in [5.74, 6) is -2.69. The molecular formula is C17H16F2N2O4. The molecule has 0 saturated heterocycles. The zero-order valence-corrected chi connectivity index (χ0v) is 13.5. The lowest BCUT2D eigenvalue weighted by atomic mass is 10.2. The lowest BCUT2D eigenvalue weighted by Gasteiger charge is -2.16. The van der Waals surface area contributed by atoms with Crippen LogP contribution in [0, 0.1) is 11.6 Å². The van der Waals surface area contributed by atoms with Crippen molar-refractivity contribution in [3.05, 3.63) is 59.7 Å². The Labute approximate surface area is 142 Å². The normalized spacial score (nSPS) is 11.4. The zero-order chi connectivity index (χ0) is 18.4. The van der Waals surface area contributed by atoms with Crippen LogP contribution in [0.4, 0.5) is 8.78 Å². The van der Waals surface area contributed by atoms with Crippen LogP contribution in [0.2, 0.25) is 0 Å². The number of amides is 2. The lowest BCUT2D eigenvalue weighted by Crippen LogP contribution is -2.47. The number of methoxy groups -OCH3 is 1. The van der Waals surface area contributed by atoms with Crippen molar-refractivity contribution in [1.82, 2.24) is 10.9 Å². The van der Waals surface area contributed by atoms with Gasteiger partial charge >= 0.3 is 0 Å². The fourth-order valence-corrected chi connectivity index (χ4v) is 1.93. The van der Waals surface area contributed by atoms with Crippen LogP contribution in [0.5, 0.6) is 11.5 Å². The Bertz CT molecular complexity index is 783. The zero-order valence-electron chi connectivity index (χ0n) is 13.5. The molecule has 25 heavy (non-hydrogen) atoms. The Morgan fingerprint density at radius 1 is 1.04 bits per heavy atom. The maximum atomic E-state index is 13.5. The fraction of sp³-hybridized carbons (Fsp3) is 0.176. The Morgan fingerprint density at radius 2 is 1.76 bits per heavy atom. The van der Waals surface area contributed by atoms with Crippen molar-refractivity contribution in [2.24, 2.45) is 0 Å². The molecular weight excluding hydrogens is 334 g/mol. The van der Waals surface area contributed by atoms with Crippen LogP contribution < -0.4 is 20.3 Å². The molecule has 0 fully saturated rings. The molecule has 0 aliphatic heterocycles. The number of carbonyl (C=O) groups excluding carboxylic acids is 2. The van der Waals surface area contributed by atoms with E-state index in [0.717, 1.165) is 12.1 Å². The smallest absolute Gasteiger partial charge is 0.279 e. The maximum Gasteiger partial charge on any atom is 0.279 e. The minimum atomic E-state index is -1.08. The Kier molecular flexibility index (Phi) is 5.89. The number of carbonyl (C=O) groups is 2. The SMILES string of the molecule is COc1ccc(F)cc1C(=O)NNC(=O)C(C)Oc1ccccc1F. The van der Waals surface area contributed by atoms with E-state index < -0.39 is 29.6 Å². The minimum Gasteiger partial charge on any atom is -0.496 e. The first-order chi connectivity index (χ1) is 11.9. The number of hydrogen-bond donors (Lipinski definition) is 2. The molecule has 2 aromatic carbocycles. The van der Waals surface area contributed by atoms with Crippen LogP contribution >= 0.6 is 0 Å². The Morgan fingerprint density at radius 3 is 2.44 bits per heavy atom. The second-order valence-corrected chi connectivity index (χ2v) is 4.98. The van der Waals surface area contributed by atoms with Crippen LogP contribution in [-0.4, -0.2) is 25.0 Å². The van der Waals surface area contributed by atoms with Crippen molar-refractivity contribution in [3.8, 4) is 11.5 Å². The molecule has 0 heterocycles. The van der Waals surface area contributed by atoms with E-state index in [9.17, 15) is 18.4 Å². The number of hydrazine groups is 1. The lowest BCUT2D eigenvalue weighted by molar-refractivity contribution is -0.128. The van der Waals surface area contributed by atoms with Crippen molar-refractivity contribution in [2.45, 2.75) is 13.0 Å². The van der Waals surface area contributed by atoms with E-state index in [-0.39, 0.29) is 17.1 Å². The monoisotopic (exact) mass is 350 g/mol. The summed E-state index contributed by atoms with van der Waals surface area (Å²) in [4.78, 5) is 24.0. The number of para-hydroxylation sites is 1. The predicted octanol–water partition coefficient (Wildman–Crippen LogP) is 2.20. The summed E-state index contributed by atoms with van der Waals surface area (Å²) in [5.41, 5.74) is 4.16. The molecule has 0 radical (unpaired) electrons. The van der Waals surface area contributed by atoms with Gasteiger partial charge in [0.05, 0.1) is 12.7 Å². The first-order valence-corrected chi connectivity index (χ1v) is 7.27. The van der Waals surface area contributed by atoms with Gasteiger partial charge in [-0.15, -0.1) is 0 Å². The number of halogens is 2. The molecule has 0 saturated carbocycles. The van der Waals surface area contributed by atoms with Crippen LogP contribution in [0.15, 0.2) is 42.5 Å². The van der Waals surface area contributed by atoms with Gasteiger partial charge in [-0.05, 0) is 37.3 Å². The van der Waals surface area contributed by atoms with Gasteiger partial charge in [0.2, 0.25) is 0 Å².